The molecule has 1 aliphatic heterocycles. The molecule has 2 nitrogen and oxygen atoms in total. The van der Waals surface area contributed by atoms with E-state index in [9.17, 15) is 13.2 Å². The smallest absolute Gasteiger partial charge is 0.311 e. The molecular weight excluding hydrogens is 241 g/mol. The van der Waals surface area contributed by atoms with Crippen LogP contribution >= 0.6 is 0 Å². The lowest BCUT2D eigenvalue weighted by molar-refractivity contribution is -0.142. The molecule has 1 aliphatic rings. The average molecular weight is 258 g/mol. The van der Waals surface area contributed by atoms with Gasteiger partial charge in [-0.2, -0.15) is 13.2 Å². The molecule has 0 saturated carbocycles. The summed E-state index contributed by atoms with van der Waals surface area (Å²) in [6.45, 7) is 2.59. The monoisotopic (exact) mass is 258 g/mol. The molecule has 1 fully saturated rings. The number of benzene rings is 1. The van der Waals surface area contributed by atoms with Gasteiger partial charge in [-0.1, -0.05) is 30.3 Å². The third-order valence-electron chi connectivity index (χ3n) is 3.07. The highest BCUT2D eigenvalue weighted by Gasteiger charge is 2.33. The Balaban J connectivity index is 1.87. The molecule has 1 heterocycles. The van der Waals surface area contributed by atoms with Crippen LogP contribution in [0.15, 0.2) is 30.3 Å². The van der Waals surface area contributed by atoms with Gasteiger partial charge >= 0.3 is 6.18 Å². The topological polar surface area (TPSA) is 15.3 Å². The molecule has 0 aliphatic carbocycles. The predicted molar refractivity (Wildman–Crippen MR) is 64.2 cm³/mol. The van der Waals surface area contributed by atoms with Crippen LogP contribution in [-0.2, 0) is 6.54 Å². The Bertz CT molecular complexity index is 364. The van der Waals surface area contributed by atoms with Gasteiger partial charge in [0.05, 0.1) is 6.42 Å². The van der Waals surface area contributed by atoms with Gasteiger partial charge in [-0.05, 0) is 5.56 Å². The second kappa shape index (κ2) is 5.71. The summed E-state index contributed by atoms with van der Waals surface area (Å²) >= 11 is 0. The van der Waals surface area contributed by atoms with E-state index >= 15 is 0 Å². The van der Waals surface area contributed by atoms with E-state index in [2.05, 4.69) is 10.2 Å². The molecule has 1 aromatic carbocycles. The van der Waals surface area contributed by atoms with Gasteiger partial charge in [0.15, 0.2) is 0 Å². The van der Waals surface area contributed by atoms with E-state index < -0.39 is 18.6 Å². The number of nitrogens with one attached hydrogen (secondary N) is 1. The van der Waals surface area contributed by atoms with Gasteiger partial charge in [0.25, 0.3) is 0 Å². The number of hydrogen-bond acceptors (Lipinski definition) is 2. The van der Waals surface area contributed by atoms with Crippen molar-refractivity contribution in [2.45, 2.75) is 25.2 Å². The van der Waals surface area contributed by atoms with Crippen molar-refractivity contribution < 1.29 is 13.2 Å². The van der Waals surface area contributed by atoms with Crippen LogP contribution in [0.1, 0.15) is 12.0 Å². The molecule has 5 heteroatoms. The Morgan fingerprint density at radius 1 is 1.22 bits per heavy atom. The second-order valence-corrected chi connectivity index (χ2v) is 4.69. The molecule has 1 N–H and O–H groups in total. The minimum Gasteiger partial charge on any atom is -0.311 e. The largest absolute Gasteiger partial charge is 0.390 e. The van der Waals surface area contributed by atoms with Crippen LogP contribution in [0.2, 0.25) is 0 Å². The van der Waals surface area contributed by atoms with E-state index in [0.29, 0.717) is 13.1 Å². The quantitative estimate of drug-likeness (QED) is 0.895. The first-order chi connectivity index (χ1) is 8.53. The Kier molecular flexibility index (Phi) is 4.24. The van der Waals surface area contributed by atoms with E-state index in [1.807, 2.05) is 30.3 Å². The van der Waals surface area contributed by atoms with Gasteiger partial charge in [-0.25, -0.2) is 0 Å². The van der Waals surface area contributed by atoms with E-state index in [-0.39, 0.29) is 0 Å². The summed E-state index contributed by atoms with van der Waals surface area (Å²) in [4.78, 5) is 2.07. The average Bonchev–Trinajstić information content (AvgIpc) is 2.28. The molecule has 2 rings (SSSR count). The van der Waals surface area contributed by atoms with Crippen LogP contribution < -0.4 is 5.32 Å². The van der Waals surface area contributed by atoms with Crippen molar-refractivity contribution >= 4 is 0 Å². The van der Waals surface area contributed by atoms with Gasteiger partial charge in [0.2, 0.25) is 0 Å². The lowest BCUT2D eigenvalue weighted by Crippen LogP contribution is -2.51. The second-order valence-electron chi connectivity index (χ2n) is 4.69. The first-order valence-electron chi connectivity index (χ1n) is 6.09. The Labute approximate surface area is 105 Å². The zero-order valence-corrected chi connectivity index (χ0v) is 10.1. The maximum Gasteiger partial charge on any atom is 0.390 e. The van der Waals surface area contributed by atoms with E-state index in [4.69, 9.17) is 0 Å². The lowest BCUT2D eigenvalue weighted by atomic mass is 10.1. The van der Waals surface area contributed by atoms with Gasteiger partial charge in [-0.15, -0.1) is 0 Å². The molecule has 0 bridgehead atoms. The SMILES string of the molecule is FC(F)(F)C[C@@H]1CN(Cc2ccccc2)CCN1. The predicted octanol–water partition coefficient (Wildman–Crippen LogP) is 2.41. The van der Waals surface area contributed by atoms with Crippen LogP contribution in [0.3, 0.4) is 0 Å². The summed E-state index contributed by atoms with van der Waals surface area (Å²) in [5, 5.41) is 2.93. The third kappa shape index (κ3) is 4.31. The Hall–Kier alpha value is -1.07. The number of rotatable bonds is 3. The first kappa shape index (κ1) is 13.4. The van der Waals surface area contributed by atoms with E-state index in [1.165, 1.54) is 0 Å². The molecule has 1 saturated heterocycles. The summed E-state index contributed by atoms with van der Waals surface area (Å²) in [7, 11) is 0. The summed E-state index contributed by atoms with van der Waals surface area (Å²) in [5.74, 6) is 0. The number of halogens is 3. The van der Waals surface area contributed by atoms with Gasteiger partial charge in [0, 0.05) is 32.2 Å². The molecule has 18 heavy (non-hydrogen) atoms. The fourth-order valence-corrected chi connectivity index (χ4v) is 2.30. The highest BCUT2D eigenvalue weighted by Crippen LogP contribution is 2.23. The van der Waals surface area contributed by atoms with Crippen molar-refractivity contribution in [3.63, 3.8) is 0 Å². The minimum absolute atomic E-state index is 0.453. The standard InChI is InChI=1S/C13H17F3N2/c14-13(15,16)8-12-10-18(7-6-17-12)9-11-4-2-1-3-5-11/h1-5,12,17H,6-10H2/t12-/m1/s1. The fraction of sp³-hybridized carbons (Fsp3) is 0.538. The minimum atomic E-state index is -4.09. The summed E-state index contributed by atoms with van der Waals surface area (Å²) < 4.78 is 37.0. The van der Waals surface area contributed by atoms with Crippen LogP contribution in [0, 0.1) is 0 Å². The molecule has 0 unspecified atom stereocenters. The summed E-state index contributed by atoms with van der Waals surface area (Å²) in [5.41, 5.74) is 1.14. The van der Waals surface area contributed by atoms with Crippen LogP contribution in [0.4, 0.5) is 13.2 Å². The van der Waals surface area contributed by atoms with Crippen LogP contribution in [0.5, 0.6) is 0 Å². The molecule has 0 aromatic heterocycles. The van der Waals surface area contributed by atoms with Gasteiger partial charge in [0.1, 0.15) is 0 Å². The fourth-order valence-electron chi connectivity index (χ4n) is 2.30. The molecule has 0 radical (unpaired) electrons. The Morgan fingerprint density at radius 2 is 1.94 bits per heavy atom. The van der Waals surface area contributed by atoms with Crippen LogP contribution in [-0.4, -0.2) is 36.8 Å². The molecule has 0 spiro atoms. The van der Waals surface area contributed by atoms with E-state index in [1.54, 1.807) is 0 Å². The molecule has 1 aromatic rings. The van der Waals surface area contributed by atoms with Crippen molar-refractivity contribution in [3.8, 4) is 0 Å². The highest BCUT2D eigenvalue weighted by atomic mass is 19.4. The third-order valence-corrected chi connectivity index (χ3v) is 3.07. The normalized spacial score (nSPS) is 22.1. The number of hydrogen-bond donors (Lipinski definition) is 1. The molecular formula is C13H17F3N2. The van der Waals surface area contributed by atoms with E-state index in [0.717, 1.165) is 18.7 Å². The van der Waals surface area contributed by atoms with Crippen LogP contribution in [0.25, 0.3) is 0 Å². The summed E-state index contributed by atoms with van der Waals surface area (Å²) in [6, 6.07) is 9.35. The van der Waals surface area contributed by atoms with Crippen molar-refractivity contribution in [1.29, 1.82) is 0 Å². The maximum atomic E-state index is 12.3. The Morgan fingerprint density at radius 3 is 2.61 bits per heavy atom. The van der Waals surface area contributed by atoms with Gasteiger partial charge in [-0.3, -0.25) is 4.90 Å². The zero-order valence-electron chi connectivity index (χ0n) is 10.1. The van der Waals surface area contributed by atoms with Crippen molar-refractivity contribution in [2.24, 2.45) is 0 Å². The number of alkyl halides is 3. The lowest BCUT2D eigenvalue weighted by Gasteiger charge is -2.34. The highest BCUT2D eigenvalue weighted by molar-refractivity contribution is 5.14. The number of piperazine rings is 1. The maximum absolute atomic E-state index is 12.3. The summed E-state index contributed by atoms with van der Waals surface area (Å²) in [6.07, 6.45) is -4.84. The van der Waals surface area contributed by atoms with Crippen molar-refractivity contribution in [2.75, 3.05) is 19.6 Å². The zero-order chi connectivity index (χ0) is 13.0. The van der Waals surface area contributed by atoms with Gasteiger partial charge < -0.3 is 5.32 Å². The molecule has 1 atom stereocenters. The van der Waals surface area contributed by atoms with Crippen molar-refractivity contribution in [3.05, 3.63) is 35.9 Å². The molecule has 100 valence electrons. The van der Waals surface area contributed by atoms with Crippen molar-refractivity contribution in [1.82, 2.24) is 10.2 Å². The first-order valence-corrected chi connectivity index (χ1v) is 6.09. The molecule has 0 amide bonds. The number of nitrogens with zero attached hydrogens (tertiary/aromatic N) is 1.